The lowest BCUT2D eigenvalue weighted by molar-refractivity contribution is -0.111. The first-order valence-electron chi connectivity index (χ1n) is 7.95. The van der Waals surface area contributed by atoms with E-state index in [0.717, 1.165) is 27.8 Å². The number of ether oxygens (including phenoxy) is 2. The van der Waals surface area contributed by atoms with Gasteiger partial charge < -0.3 is 14.8 Å². The van der Waals surface area contributed by atoms with E-state index in [4.69, 9.17) is 9.47 Å². The summed E-state index contributed by atoms with van der Waals surface area (Å²) in [4.78, 5) is 16.8. The highest BCUT2D eigenvalue weighted by Gasteiger charge is 2.15. The molecule has 25 heavy (non-hydrogen) atoms. The van der Waals surface area contributed by atoms with Crippen LogP contribution in [0.25, 0.3) is 17.0 Å². The van der Waals surface area contributed by atoms with Crippen molar-refractivity contribution >= 4 is 28.6 Å². The van der Waals surface area contributed by atoms with E-state index < -0.39 is 0 Å². The van der Waals surface area contributed by atoms with Crippen LogP contribution in [-0.4, -0.2) is 17.7 Å². The molecule has 1 aliphatic heterocycles. The Morgan fingerprint density at radius 2 is 2.04 bits per heavy atom. The van der Waals surface area contributed by atoms with Crippen LogP contribution < -0.4 is 14.8 Å². The van der Waals surface area contributed by atoms with Gasteiger partial charge in [-0.15, -0.1) is 0 Å². The lowest BCUT2D eigenvalue weighted by Crippen LogP contribution is -2.08. The van der Waals surface area contributed by atoms with E-state index in [2.05, 4.69) is 10.3 Å². The summed E-state index contributed by atoms with van der Waals surface area (Å²) < 4.78 is 10.8. The van der Waals surface area contributed by atoms with Crippen LogP contribution in [0.5, 0.6) is 11.5 Å². The number of nitrogens with one attached hydrogen (secondary N) is 1. The standard InChI is InChI=1S/C20H16N2O3/c1-13-11-17(15-6-2-3-7-16(15)21-13)22-19(23)10-9-14-5-4-8-18-20(14)25-12-24-18/h2-11H,12H2,1H3,(H,21,22,23). The predicted octanol–water partition coefficient (Wildman–Crippen LogP) is 3.92. The summed E-state index contributed by atoms with van der Waals surface area (Å²) in [6, 6.07) is 15.2. The van der Waals surface area contributed by atoms with Crippen molar-refractivity contribution in [2.45, 2.75) is 6.92 Å². The second kappa shape index (κ2) is 6.28. The van der Waals surface area contributed by atoms with Gasteiger partial charge in [0.2, 0.25) is 12.7 Å². The molecular formula is C20H16N2O3. The molecule has 5 nitrogen and oxygen atoms in total. The number of nitrogens with zero attached hydrogens (tertiary/aromatic N) is 1. The summed E-state index contributed by atoms with van der Waals surface area (Å²) in [6.07, 6.45) is 3.21. The van der Waals surface area contributed by atoms with E-state index in [9.17, 15) is 4.79 Å². The molecule has 0 radical (unpaired) electrons. The summed E-state index contributed by atoms with van der Waals surface area (Å²) in [5, 5.41) is 3.84. The summed E-state index contributed by atoms with van der Waals surface area (Å²) in [6.45, 7) is 2.11. The number of amides is 1. The number of rotatable bonds is 3. The third-order valence-electron chi connectivity index (χ3n) is 3.94. The van der Waals surface area contributed by atoms with E-state index in [-0.39, 0.29) is 12.7 Å². The zero-order valence-electron chi connectivity index (χ0n) is 13.7. The number of fused-ring (bicyclic) bond motifs is 2. The zero-order chi connectivity index (χ0) is 17.2. The number of benzene rings is 2. The Balaban J connectivity index is 1.58. The quantitative estimate of drug-likeness (QED) is 0.739. The minimum Gasteiger partial charge on any atom is -0.454 e. The number of anilines is 1. The van der Waals surface area contributed by atoms with E-state index in [0.29, 0.717) is 11.5 Å². The van der Waals surface area contributed by atoms with Gasteiger partial charge >= 0.3 is 0 Å². The number of carbonyl (C=O) groups is 1. The van der Waals surface area contributed by atoms with Gasteiger partial charge in [0, 0.05) is 22.7 Å². The number of hydrogen-bond acceptors (Lipinski definition) is 4. The second-order valence-electron chi connectivity index (χ2n) is 5.73. The van der Waals surface area contributed by atoms with Gasteiger partial charge in [0.1, 0.15) is 0 Å². The largest absolute Gasteiger partial charge is 0.454 e. The number of aromatic nitrogens is 1. The van der Waals surface area contributed by atoms with Crippen LogP contribution in [0.2, 0.25) is 0 Å². The topological polar surface area (TPSA) is 60.5 Å². The summed E-state index contributed by atoms with van der Waals surface area (Å²) >= 11 is 0. The van der Waals surface area contributed by atoms with Crippen molar-refractivity contribution in [3.8, 4) is 11.5 Å². The van der Waals surface area contributed by atoms with Crippen molar-refractivity contribution in [3.05, 3.63) is 65.9 Å². The van der Waals surface area contributed by atoms with Crippen molar-refractivity contribution < 1.29 is 14.3 Å². The molecule has 1 N–H and O–H groups in total. The average molecular weight is 332 g/mol. The zero-order valence-corrected chi connectivity index (χ0v) is 13.7. The van der Waals surface area contributed by atoms with Crippen molar-refractivity contribution in [3.63, 3.8) is 0 Å². The number of para-hydroxylation sites is 2. The third kappa shape index (κ3) is 3.04. The van der Waals surface area contributed by atoms with E-state index in [1.54, 1.807) is 6.08 Å². The Labute approximate surface area is 144 Å². The monoisotopic (exact) mass is 332 g/mol. The molecule has 2 aromatic carbocycles. The lowest BCUT2D eigenvalue weighted by atomic mass is 10.1. The minimum atomic E-state index is -0.215. The van der Waals surface area contributed by atoms with Crippen molar-refractivity contribution in [2.75, 3.05) is 12.1 Å². The van der Waals surface area contributed by atoms with Crippen molar-refractivity contribution in [1.82, 2.24) is 4.98 Å². The minimum absolute atomic E-state index is 0.203. The SMILES string of the molecule is Cc1cc(NC(=O)C=Cc2cccc3c2OCO3)c2ccccc2n1. The molecule has 3 aromatic rings. The highest BCUT2D eigenvalue weighted by molar-refractivity contribution is 6.07. The molecule has 124 valence electrons. The first-order valence-corrected chi connectivity index (χ1v) is 7.95. The molecule has 0 saturated heterocycles. The third-order valence-corrected chi connectivity index (χ3v) is 3.94. The molecule has 0 spiro atoms. The predicted molar refractivity (Wildman–Crippen MR) is 96.7 cm³/mol. The molecule has 1 aliphatic rings. The fraction of sp³-hybridized carbons (Fsp3) is 0.100. The fourth-order valence-corrected chi connectivity index (χ4v) is 2.84. The smallest absolute Gasteiger partial charge is 0.248 e. The highest BCUT2D eigenvalue weighted by atomic mass is 16.7. The van der Waals surface area contributed by atoms with Crippen molar-refractivity contribution in [1.29, 1.82) is 0 Å². The average Bonchev–Trinajstić information content (AvgIpc) is 3.09. The number of hydrogen-bond donors (Lipinski definition) is 1. The fourth-order valence-electron chi connectivity index (χ4n) is 2.84. The highest BCUT2D eigenvalue weighted by Crippen LogP contribution is 2.35. The van der Waals surface area contributed by atoms with Gasteiger partial charge in [-0.2, -0.15) is 0 Å². The maximum absolute atomic E-state index is 12.4. The Morgan fingerprint density at radius 3 is 2.96 bits per heavy atom. The van der Waals surface area contributed by atoms with Crippen LogP contribution in [0, 0.1) is 6.92 Å². The lowest BCUT2D eigenvalue weighted by Gasteiger charge is -2.08. The summed E-state index contributed by atoms with van der Waals surface area (Å²) in [5.74, 6) is 1.14. The molecule has 0 unspecified atom stereocenters. The maximum Gasteiger partial charge on any atom is 0.248 e. The van der Waals surface area contributed by atoms with Crippen LogP contribution in [0.1, 0.15) is 11.3 Å². The van der Waals surface area contributed by atoms with Gasteiger partial charge in [0.15, 0.2) is 11.5 Å². The number of carbonyl (C=O) groups excluding carboxylic acids is 1. The van der Waals surface area contributed by atoms with Crippen LogP contribution >= 0.6 is 0 Å². The molecule has 0 saturated carbocycles. The Bertz CT molecular complexity index is 995. The van der Waals surface area contributed by atoms with Gasteiger partial charge in [-0.05, 0) is 31.2 Å². The van der Waals surface area contributed by atoms with Crippen LogP contribution in [-0.2, 0) is 4.79 Å². The second-order valence-corrected chi connectivity index (χ2v) is 5.73. The van der Waals surface area contributed by atoms with Gasteiger partial charge in [-0.1, -0.05) is 30.3 Å². The first-order chi connectivity index (χ1) is 12.2. The van der Waals surface area contributed by atoms with Crippen molar-refractivity contribution in [2.24, 2.45) is 0 Å². The molecule has 5 heteroatoms. The summed E-state index contributed by atoms with van der Waals surface area (Å²) in [7, 11) is 0. The molecule has 0 aliphatic carbocycles. The Morgan fingerprint density at radius 1 is 1.16 bits per heavy atom. The Hall–Kier alpha value is -3.34. The van der Waals surface area contributed by atoms with Gasteiger partial charge in [0.05, 0.1) is 11.2 Å². The van der Waals surface area contributed by atoms with Gasteiger partial charge in [-0.25, -0.2) is 0 Å². The summed E-state index contributed by atoms with van der Waals surface area (Å²) in [5.41, 5.74) is 3.26. The molecule has 2 heterocycles. The van der Waals surface area contributed by atoms with Gasteiger partial charge in [0.25, 0.3) is 0 Å². The van der Waals surface area contributed by atoms with E-state index in [1.807, 2.05) is 55.5 Å². The molecule has 1 amide bonds. The maximum atomic E-state index is 12.4. The molecule has 0 bridgehead atoms. The van der Waals surface area contributed by atoms with Crippen LogP contribution in [0.4, 0.5) is 5.69 Å². The van der Waals surface area contributed by atoms with E-state index in [1.165, 1.54) is 6.08 Å². The van der Waals surface area contributed by atoms with Gasteiger partial charge in [-0.3, -0.25) is 9.78 Å². The normalized spacial score (nSPS) is 12.7. The molecule has 0 fully saturated rings. The van der Waals surface area contributed by atoms with Crippen LogP contribution in [0.3, 0.4) is 0 Å². The first kappa shape index (κ1) is 15.2. The van der Waals surface area contributed by atoms with Crippen LogP contribution in [0.15, 0.2) is 54.6 Å². The number of aryl methyl sites for hydroxylation is 1. The Kier molecular flexibility index (Phi) is 3.82. The molecule has 1 aromatic heterocycles. The molecular weight excluding hydrogens is 316 g/mol. The van der Waals surface area contributed by atoms with E-state index >= 15 is 0 Å². The molecule has 4 rings (SSSR count). The number of pyridine rings is 1. The molecule has 0 atom stereocenters.